The van der Waals surface area contributed by atoms with Crippen LogP contribution in [-0.2, 0) is 0 Å². The molecule has 0 saturated heterocycles. The Labute approximate surface area is 95.0 Å². The molecule has 3 heteroatoms. The molecule has 0 aliphatic rings. The maximum atomic E-state index is 7.50. The Hall–Kier alpha value is -0.440. The lowest BCUT2D eigenvalue weighted by Gasteiger charge is -2.21. The van der Waals surface area contributed by atoms with Gasteiger partial charge in [0.15, 0.2) is 0 Å². The van der Waals surface area contributed by atoms with E-state index in [4.69, 9.17) is 4.91 Å². The number of unbranched alkanes of at least 4 members (excludes halogenated alkanes) is 3. The summed E-state index contributed by atoms with van der Waals surface area (Å²) in [5.41, 5.74) is 4.50. The van der Waals surface area contributed by atoms with Gasteiger partial charge in [-0.3, -0.25) is 0 Å². The van der Waals surface area contributed by atoms with Gasteiger partial charge in [0.05, 0.1) is 0 Å². The largest absolute Gasteiger partial charge is 0.303 e. The van der Waals surface area contributed by atoms with Crippen molar-refractivity contribution in [2.24, 2.45) is 0 Å². The van der Waals surface area contributed by atoms with Gasteiger partial charge < -0.3 is 4.90 Å². The first-order chi connectivity index (χ1) is 7.35. The van der Waals surface area contributed by atoms with Gasteiger partial charge in [-0.05, 0) is 38.9 Å². The highest BCUT2D eigenvalue weighted by molar-refractivity contribution is 4.57. The van der Waals surface area contributed by atoms with E-state index in [1.807, 2.05) is 0 Å². The molecule has 0 rings (SSSR count). The summed E-state index contributed by atoms with van der Waals surface area (Å²) in [6.45, 7) is 10.8. The number of hydrogen-bond acceptors (Lipinski definition) is 3. The second kappa shape index (κ2) is 16.0. The Bertz CT molecular complexity index is 90.8. The van der Waals surface area contributed by atoms with E-state index < -0.39 is 0 Å². The molecule has 0 atom stereocenters. The summed E-state index contributed by atoms with van der Waals surface area (Å²) in [7, 11) is 0. The van der Waals surface area contributed by atoms with Gasteiger partial charge in [0.1, 0.15) is 0 Å². The summed E-state index contributed by atoms with van der Waals surface area (Å²) in [6.07, 6.45) is 8.09. The zero-order valence-electron chi connectivity index (χ0n) is 10.7. The van der Waals surface area contributed by atoms with Gasteiger partial charge in [0, 0.05) is 0 Å². The smallest absolute Gasteiger partial charge is 0.00188 e. The molecular weight excluding hydrogens is 188 g/mol. The zero-order chi connectivity index (χ0) is 11.9. The van der Waals surface area contributed by atoms with Crippen LogP contribution >= 0.6 is 0 Å². The van der Waals surface area contributed by atoms with Crippen LogP contribution in [0, 0.1) is 10.5 Å². The van der Waals surface area contributed by atoms with Gasteiger partial charge in [-0.1, -0.05) is 45.6 Å². The molecule has 0 aromatic rings. The average molecular weight is 216 g/mol. The second-order valence-corrected chi connectivity index (χ2v) is 3.90. The van der Waals surface area contributed by atoms with E-state index in [-0.39, 0.29) is 0 Å². The number of hydrogen-bond donors (Lipinski definition) is 1. The van der Waals surface area contributed by atoms with Crippen LogP contribution in [0.2, 0.25) is 0 Å². The molecule has 0 heterocycles. The van der Waals surface area contributed by atoms with Gasteiger partial charge in [-0.25, -0.2) is 0 Å². The predicted octanol–water partition coefficient (Wildman–Crippen LogP) is 4.02. The van der Waals surface area contributed by atoms with Crippen molar-refractivity contribution in [1.29, 1.82) is 5.59 Å². The molecule has 92 valence electrons. The molecule has 0 fully saturated rings. The van der Waals surface area contributed by atoms with Gasteiger partial charge in [-0.2, -0.15) is 4.91 Å². The molecule has 0 aromatic heterocycles. The van der Waals surface area contributed by atoms with E-state index in [9.17, 15) is 0 Å². The van der Waals surface area contributed by atoms with Crippen molar-refractivity contribution in [2.45, 2.75) is 59.3 Å². The van der Waals surface area contributed by atoms with Crippen LogP contribution in [-0.4, -0.2) is 24.5 Å². The molecule has 0 spiro atoms. The molecule has 3 nitrogen and oxygen atoms in total. The predicted molar refractivity (Wildman–Crippen MR) is 67.3 cm³/mol. The third-order valence-electron chi connectivity index (χ3n) is 2.48. The average Bonchev–Trinajstić information content (AvgIpc) is 2.31. The van der Waals surface area contributed by atoms with E-state index in [1.54, 1.807) is 0 Å². The van der Waals surface area contributed by atoms with E-state index in [1.165, 1.54) is 58.2 Å². The summed E-state index contributed by atoms with van der Waals surface area (Å²) in [5, 5.41) is 0. The Morgan fingerprint density at radius 2 is 1.00 bits per heavy atom. The number of rotatable bonds is 9. The van der Waals surface area contributed by atoms with Crippen molar-refractivity contribution in [3.05, 3.63) is 4.91 Å². The summed E-state index contributed by atoms with van der Waals surface area (Å²) in [6, 6.07) is 0. The maximum absolute atomic E-state index is 7.50. The van der Waals surface area contributed by atoms with Gasteiger partial charge in [0.2, 0.25) is 0 Å². The summed E-state index contributed by atoms with van der Waals surface area (Å²) >= 11 is 0. The third kappa shape index (κ3) is 13.6. The standard InChI is InChI=1S/C12H27N.HNO/c1-4-7-10-13(11-8-5-2)12-9-6-3;1-2/h4-12H2,1-3H3;1H. The SMILES string of the molecule is CCCCN(CCCC)CCCC.N=O. The summed E-state index contributed by atoms with van der Waals surface area (Å²) in [5.74, 6) is 0. The fraction of sp³-hybridized carbons (Fsp3) is 1.00. The highest BCUT2D eigenvalue weighted by Crippen LogP contribution is 2.01. The molecule has 15 heavy (non-hydrogen) atoms. The van der Waals surface area contributed by atoms with Crippen molar-refractivity contribution in [2.75, 3.05) is 19.6 Å². The second-order valence-electron chi connectivity index (χ2n) is 3.90. The molecule has 0 aliphatic carbocycles. The Morgan fingerprint density at radius 1 is 0.733 bits per heavy atom. The summed E-state index contributed by atoms with van der Waals surface area (Å²) in [4.78, 5) is 10.1. The Balaban J connectivity index is 0. The molecule has 1 N–H and O–H groups in total. The lowest BCUT2D eigenvalue weighted by molar-refractivity contribution is 0.261. The molecular formula is C12H28N2O. The molecule has 0 bridgehead atoms. The van der Waals surface area contributed by atoms with Crippen LogP contribution < -0.4 is 0 Å². The monoisotopic (exact) mass is 216 g/mol. The first-order valence-corrected chi connectivity index (χ1v) is 6.27. The Kier molecular flexibility index (Phi) is 18.1. The minimum atomic E-state index is 1.32. The lowest BCUT2D eigenvalue weighted by atomic mass is 10.2. The van der Waals surface area contributed by atoms with Crippen LogP contribution in [0.4, 0.5) is 0 Å². The fourth-order valence-corrected chi connectivity index (χ4v) is 1.48. The van der Waals surface area contributed by atoms with Gasteiger partial charge >= 0.3 is 0 Å². The highest BCUT2D eigenvalue weighted by Gasteiger charge is 2.01. The third-order valence-corrected chi connectivity index (χ3v) is 2.48. The van der Waals surface area contributed by atoms with Gasteiger partial charge in [0.25, 0.3) is 0 Å². The van der Waals surface area contributed by atoms with E-state index in [0.29, 0.717) is 0 Å². The van der Waals surface area contributed by atoms with Crippen LogP contribution in [0.15, 0.2) is 0 Å². The van der Waals surface area contributed by atoms with Crippen LogP contribution in [0.1, 0.15) is 59.3 Å². The molecule has 0 aliphatic heterocycles. The van der Waals surface area contributed by atoms with E-state index in [2.05, 4.69) is 31.3 Å². The van der Waals surface area contributed by atoms with Crippen LogP contribution in [0.25, 0.3) is 0 Å². The topological polar surface area (TPSA) is 44.2 Å². The van der Waals surface area contributed by atoms with Crippen molar-refractivity contribution < 1.29 is 0 Å². The molecule has 0 aromatic carbocycles. The first kappa shape index (κ1) is 17.0. The molecule has 0 unspecified atom stereocenters. The minimum Gasteiger partial charge on any atom is -0.303 e. The normalized spacial score (nSPS) is 9.87. The van der Waals surface area contributed by atoms with Crippen LogP contribution in [0.3, 0.4) is 0 Å². The summed E-state index contributed by atoms with van der Waals surface area (Å²) < 4.78 is 0. The quantitative estimate of drug-likeness (QED) is 0.592. The minimum absolute atomic E-state index is 1.32. The van der Waals surface area contributed by atoms with Crippen molar-refractivity contribution >= 4 is 0 Å². The highest BCUT2D eigenvalue weighted by atomic mass is 16.2. The molecule has 0 saturated carbocycles. The Morgan fingerprint density at radius 3 is 1.20 bits per heavy atom. The van der Waals surface area contributed by atoms with E-state index >= 15 is 0 Å². The number of nitrogens with zero attached hydrogens (tertiary/aromatic N) is 1. The van der Waals surface area contributed by atoms with Crippen LogP contribution in [0.5, 0.6) is 0 Å². The number of nitroso groups, excluding NO2 is 1. The molecule has 0 radical (unpaired) electrons. The van der Waals surface area contributed by atoms with Crippen molar-refractivity contribution in [3.8, 4) is 0 Å². The van der Waals surface area contributed by atoms with E-state index in [0.717, 1.165) is 0 Å². The van der Waals surface area contributed by atoms with Crippen molar-refractivity contribution in [3.63, 3.8) is 0 Å². The zero-order valence-corrected chi connectivity index (χ0v) is 10.7. The fourth-order valence-electron chi connectivity index (χ4n) is 1.48. The molecule has 0 amide bonds. The first-order valence-electron chi connectivity index (χ1n) is 6.27. The maximum Gasteiger partial charge on any atom is -0.00188 e. The van der Waals surface area contributed by atoms with Crippen molar-refractivity contribution in [1.82, 2.24) is 4.90 Å². The lowest BCUT2D eigenvalue weighted by Crippen LogP contribution is -2.27. The van der Waals surface area contributed by atoms with Gasteiger partial charge in [-0.15, -0.1) is 0 Å². The number of nitrogens with one attached hydrogen (secondary N) is 1.